The largest absolute Gasteiger partial charge is 0.337 e. The molecule has 174 valence electrons. The van der Waals surface area contributed by atoms with Crippen LogP contribution in [0.5, 0.6) is 0 Å². The molecule has 1 saturated heterocycles. The van der Waals surface area contributed by atoms with E-state index in [1.54, 1.807) is 6.20 Å². The second-order valence-corrected chi connectivity index (χ2v) is 9.34. The van der Waals surface area contributed by atoms with Crippen molar-refractivity contribution in [2.24, 2.45) is 5.92 Å². The van der Waals surface area contributed by atoms with Crippen molar-refractivity contribution >= 4 is 16.8 Å². The first-order valence-electron chi connectivity index (χ1n) is 11.9. The molecule has 0 saturated carbocycles. The molecule has 0 N–H and O–H groups in total. The van der Waals surface area contributed by atoms with E-state index in [1.165, 1.54) is 10.9 Å². The van der Waals surface area contributed by atoms with Crippen molar-refractivity contribution in [3.8, 4) is 0 Å². The van der Waals surface area contributed by atoms with E-state index in [2.05, 4.69) is 56.8 Å². The maximum absolute atomic E-state index is 13.8. The number of pyridine rings is 1. The summed E-state index contributed by atoms with van der Waals surface area (Å²) < 4.78 is 2.08. The van der Waals surface area contributed by atoms with Crippen LogP contribution >= 0.6 is 0 Å². The Morgan fingerprint density at radius 3 is 2.62 bits per heavy atom. The van der Waals surface area contributed by atoms with E-state index >= 15 is 0 Å². The van der Waals surface area contributed by atoms with Gasteiger partial charge in [-0.2, -0.15) is 0 Å². The van der Waals surface area contributed by atoms with Crippen LogP contribution in [-0.4, -0.2) is 63.5 Å². The summed E-state index contributed by atoms with van der Waals surface area (Å²) in [5.41, 5.74) is 4.13. The van der Waals surface area contributed by atoms with Crippen molar-refractivity contribution in [1.82, 2.24) is 24.3 Å². The number of para-hydroxylation sites is 1. The monoisotopic (exact) mass is 453 g/mol. The van der Waals surface area contributed by atoms with Crippen LogP contribution in [0.1, 0.15) is 27.3 Å². The minimum absolute atomic E-state index is 0.115. The first-order chi connectivity index (χ1) is 16.6. The van der Waals surface area contributed by atoms with Gasteiger partial charge < -0.3 is 14.4 Å². The molecular formula is C28H31N5O. The first-order valence-corrected chi connectivity index (χ1v) is 11.9. The van der Waals surface area contributed by atoms with Gasteiger partial charge in [-0.05, 0) is 49.6 Å². The van der Waals surface area contributed by atoms with Crippen LogP contribution in [0.25, 0.3) is 10.9 Å². The summed E-state index contributed by atoms with van der Waals surface area (Å²) in [6, 6.07) is 18.5. The van der Waals surface area contributed by atoms with Crippen LogP contribution < -0.4 is 0 Å². The van der Waals surface area contributed by atoms with Gasteiger partial charge in [0.15, 0.2) is 0 Å². The Kier molecular flexibility index (Phi) is 6.41. The molecule has 1 fully saturated rings. The van der Waals surface area contributed by atoms with E-state index in [0.717, 1.165) is 55.1 Å². The van der Waals surface area contributed by atoms with Gasteiger partial charge in [0, 0.05) is 62.3 Å². The third-order valence-corrected chi connectivity index (χ3v) is 6.82. The molecule has 2 aromatic carbocycles. The summed E-state index contributed by atoms with van der Waals surface area (Å²) in [4.78, 5) is 27.1. The number of likely N-dealkylation sites (N-methyl/N-ethyl adjacent to an activating group) is 1. The predicted octanol–water partition coefficient (Wildman–Crippen LogP) is 4.03. The van der Waals surface area contributed by atoms with Crippen LogP contribution in [-0.2, 0) is 13.0 Å². The third kappa shape index (κ3) is 4.73. The average molecular weight is 454 g/mol. The van der Waals surface area contributed by atoms with E-state index in [-0.39, 0.29) is 5.91 Å². The maximum atomic E-state index is 13.8. The van der Waals surface area contributed by atoms with Crippen molar-refractivity contribution in [3.05, 3.63) is 95.7 Å². The highest BCUT2D eigenvalue weighted by molar-refractivity contribution is 5.95. The number of amides is 1. The zero-order valence-electron chi connectivity index (χ0n) is 19.9. The number of carbonyl (C=O) groups excluding carboxylic acids is 1. The number of fused-ring (bicyclic) bond motifs is 1. The van der Waals surface area contributed by atoms with Gasteiger partial charge in [0.2, 0.25) is 0 Å². The number of aryl methyl sites for hydroxylation is 1. The topological polar surface area (TPSA) is 54.3 Å². The molecule has 0 unspecified atom stereocenters. The lowest BCUT2D eigenvalue weighted by atomic mass is 9.96. The quantitative estimate of drug-likeness (QED) is 0.458. The van der Waals surface area contributed by atoms with Gasteiger partial charge in [0.25, 0.3) is 5.91 Å². The fourth-order valence-corrected chi connectivity index (χ4v) is 5.03. The molecule has 4 aromatic rings. The molecule has 0 aliphatic carbocycles. The van der Waals surface area contributed by atoms with Crippen molar-refractivity contribution in [2.75, 3.05) is 33.2 Å². The summed E-state index contributed by atoms with van der Waals surface area (Å²) in [6.45, 7) is 5.94. The molecule has 0 spiro atoms. The fraction of sp³-hybridized carbons (Fsp3) is 0.321. The van der Waals surface area contributed by atoms with E-state index in [1.807, 2.05) is 48.5 Å². The van der Waals surface area contributed by atoms with Gasteiger partial charge in [0.1, 0.15) is 5.82 Å². The standard InChI is InChI=1S/C28H31N5O/c1-21-29-13-14-32(21)20-25-7-3-4-11-26(25)28(34)33-16-15-31(2)18-22(19-33)17-24-9-5-8-23-10-6-12-30-27(23)24/h3-14,22H,15-20H2,1-2H3/t22-/m0/s1. The maximum Gasteiger partial charge on any atom is 0.254 e. The van der Waals surface area contributed by atoms with Gasteiger partial charge in [0.05, 0.1) is 5.52 Å². The van der Waals surface area contributed by atoms with Crippen LogP contribution in [0.15, 0.2) is 73.2 Å². The molecule has 1 amide bonds. The van der Waals surface area contributed by atoms with E-state index in [0.29, 0.717) is 12.5 Å². The van der Waals surface area contributed by atoms with Crippen LogP contribution in [0.2, 0.25) is 0 Å². The zero-order valence-corrected chi connectivity index (χ0v) is 19.9. The Bertz CT molecular complexity index is 1290. The summed E-state index contributed by atoms with van der Waals surface area (Å²) in [6.07, 6.45) is 6.53. The van der Waals surface area contributed by atoms with Crippen molar-refractivity contribution in [2.45, 2.75) is 19.9 Å². The fourth-order valence-electron chi connectivity index (χ4n) is 5.03. The molecule has 1 aliphatic heterocycles. The van der Waals surface area contributed by atoms with Crippen molar-refractivity contribution in [1.29, 1.82) is 0 Å². The smallest absolute Gasteiger partial charge is 0.254 e. The predicted molar refractivity (Wildman–Crippen MR) is 135 cm³/mol. The van der Waals surface area contributed by atoms with E-state index < -0.39 is 0 Å². The zero-order chi connectivity index (χ0) is 23.5. The molecular weight excluding hydrogens is 422 g/mol. The van der Waals surface area contributed by atoms with Gasteiger partial charge in [-0.1, -0.05) is 42.5 Å². The first kappa shape index (κ1) is 22.3. The molecule has 34 heavy (non-hydrogen) atoms. The molecule has 2 aromatic heterocycles. The average Bonchev–Trinajstić information content (AvgIpc) is 3.15. The molecule has 1 atom stereocenters. The Hall–Kier alpha value is -3.51. The molecule has 0 bridgehead atoms. The summed E-state index contributed by atoms with van der Waals surface area (Å²) in [5, 5.41) is 1.17. The van der Waals surface area contributed by atoms with E-state index in [4.69, 9.17) is 0 Å². The molecule has 6 heteroatoms. The number of hydrogen-bond acceptors (Lipinski definition) is 4. The molecule has 1 aliphatic rings. The molecule has 3 heterocycles. The SMILES string of the molecule is Cc1nccn1Cc1ccccc1C(=O)N1CCN(C)C[C@H](Cc2cccc3cccnc23)C1. The lowest BCUT2D eigenvalue weighted by Crippen LogP contribution is -2.37. The summed E-state index contributed by atoms with van der Waals surface area (Å²) >= 11 is 0. The number of aromatic nitrogens is 3. The number of benzene rings is 2. The number of rotatable bonds is 5. The Morgan fingerprint density at radius 2 is 1.76 bits per heavy atom. The van der Waals surface area contributed by atoms with Crippen LogP contribution in [0.3, 0.4) is 0 Å². The molecule has 6 nitrogen and oxygen atoms in total. The second kappa shape index (κ2) is 9.77. The Balaban J connectivity index is 1.39. The highest BCUT2D eigenvalue weighted by atomic mass is 16.2. The highest BCUT2D eigenvalue weighted by Crippen LogP contribution is 2.23. The van der Waals surface area contributed by atoms with E-state index in [9.17, 15) is 4.79 Å². The van der Waals surface area contributed by atoms with Crippen molar-refractivity contribution in [3.63, 3.8) is 0 Å². The third-order valence-electron chi connectivity index (χ3n) is 6.82. The number of hydrogen-bond donors (Lipinski definition) is 0. The second-order valence-electron chi connectivity index (χ2n) is 9.34. The van der Waals surface area contributed by atoms with Gasteiger partial charge >= 0.3 is 0 Å². The minimum atomic E-state index is 0.115. The minimum Gasteiger partial charge on any atom is -0.337 e. The van der Waals surface area contributed by atoms with Gasteiger partial charge in [-0.3, -0.25) is 9.78 Å². The number of carbonyl (C=O) groups is 1. The van der Waals surface area contributed by atoms with Crippen LogP contribution in [0.4, 0.5) is 0 Å². The lowest BCUT2D eigenvalue weighted by molar-refractivity contribution is 0.0745. The summed E-state index contributed by atoms with van der Waals surface area (Å²) in [5.74, 6) is 1.40. The Morgan fingerprint density at radius 1 is 0.941 bits per heavy atom. The Labute approximate surface area is 200 Å². The molecule has 0 radical (unpaired) electrons. The van der Waals surface area contributed by atoms with Gasteiger partial charge in [-0.25, -0.2) is 4.98 Å². The van der Waals surface area contributed by atoms with Crippen LogP contribution in [0, 0.1) is 12.8 Å². The van der Waals surface area contributed by atoms with Gasteiger partial charge in [-0.15, -0.1) is 0 Å². The molecule has 5 rings (SSSR count). The lowest BCUT2D eigenvalue weighted by Gasteiger charge is -2.25. The number of imidazole rings is 1. The summed E-state index contributed by atoms with van der Waals surface area (Å²) in [7, 11) is 2.15. The van der Waals surface area contributed by atoms with Crippen molar-refractivity contribution < 1.29 is 4.79 Å². The number of nitrogens with zero attached hydrogens (tertiary/aromatic N) is 5. The highest BCUT2D eigenvalue weighted by Gasteiger charge is 2.27. The normalized spacial score (nSPS) is 17.1.